The molecule has 2 rings (SSSR count). The molecule has 0 spiro atoms. The van der Waals surface area contributed by atoms with Crippen LogP contribution in [0.1, 0.15) is 17.7 Å². The summed E-state index contributed by atoms with van der Waals surface area (Å²) in [6.07, 6.45) is 8.73. The summed E-state index contributed by atoms with van der Waals surface area (Å²) in [4.78, 5) is 8.58. The molecule has 0 saturated heterocycles. The highest BCUT2D eigenvalue weighted by Gasteiger charge is 2.03. The standard InChI is InChI=1S/C10H10N2/c1-8-5-7-11-9-4-2-3-6-12-10(8)9/h2,4-7H,3H2,1H3. The van der Waals surface area contributed by atoms with Crippen molar-refractivity contribution in [2.24, 2.45) is 4.99 Å². The van der Waals surface area contributed by atoms with Crippen molar-refractivity contribution in [2.45, 2.75) is 13.3 Å². The Hall–Kier alpha value is -1.44. The van der Waals surface area contributed by atoms with Gasteiger partial charge in [-0.15, -0.1) is 0 Å². The number of fused-ring (bicyclic) bond motifs is 1. The second-order valence-corrected chi connectivity index (χ2v) is 2.81. The molecule has 0 N–H and O–H groups in total. The van der Waals surface area contributed by atoms with E-state index in [0.717, 1.165) is 17.8 Å². The lowest BCUT2D eigenvalue weighted by molar-refractivity contribution is 1.24. The first-order valence-corrected chi connectivity index (χ1v) is 4.02. The first-order chi connectivity index (χ1) is 5.88. The number of allylic oxidation sites excluding steroid dienone is 1. The summed E-state index contributed by atoms with van der Waals surface area (Å²) in [7, 11) is 0. The Morgan fingerprint density at radius 3 is 3.25 bits per heavy atom. The minimum absolute atomic E-state index is 0.899. The van der Waals surface area contributed by atoms with Crippen LogP contribution in [-0.4, -0.2) is 11.2 Å². The van der Waals surface area contributed by atoms with Gasteiger partial charge in [-0.3, -0.25) is 9.98 Å². The van der Waals surface area contributed by atoms with E-state index in [4.69, 9.17) is 0 Å². The molecule has 0 unspecified atom stereocenters. The summed E-state index contributed by atoms with van der Waals surface area (Å²) < 4.78 is 0. The van der Waals surface area contributed by atoms with Crippen LogP contribution in [0.3, 0.4) is 0 Å². The van der Waals surface area contributed by atoms with Crippen molar-refractivity contribution in [1.82, 2.24) is 4.98 Å². The maximum atomic E-state index is 4.34. The van der Waals surface area contributed by atoms with Crippen LogP contribution in [0.25, 0.3) is 6.08 Å². The van der Waals surface area contributed by atoms with E-state index in [9.17, 15) is 0 Å². The molecular weight excluding hydrogens is 148 g/mol. The largest absolute Gasteiger partial charge is 0.258 e. The average Bonchev–Trinajstić information content (AvgIpc) is 2.30. The molecule has 0 saturated carbocycles. The van der Waals surface area contributed by atoms with Crippen LogP contribution in [0.5, 0.6) is 0 Å². The van der Waals surface area contributed by atoms with Gasteiger partial charge in [0.05, 0.1) is 11.4 Å². The van der Waals surface area contributed by atoms with Gasteiger partial charge in [0.15, 0.2) is 0 Å². The predicted molar refractivity (Wildman–Crippen MR) is 50.8 cm³/mol. The van der Waals surface area contributed by atoms with Crippen LogP contribution < -0.4 is 0 Å². The number of rotatable bonds is 0. The highest BCUT2D eigenvalue weighted by atomic mass is 14.8. The van der Waals surface area contributed by atoms with Gasteiger partial charge in [-0.05, 0) is 24.6 Å². The van der Waals surface area contributed by atoms with E-state index in [1.807, 2.05) is 24.6 Å². The van der Waals surface area contributed by atoms with Crippen molar-refractivity contribution in [2.75, 3.05) is 0 Å². The summed E-state index contributed by atoms with van der Waals surface area (Å²) in [5, 5.41) is 0. The minimum atomic E-state index is 0.899. The second-order valence-electron chi connectivity index (χ2n) is 2.81. The van der Waals surface area contributed by atoms with E-state index in [2.05, 4.69) is 23.0 Å². The maximum absolute atomic E-state index is 4.34. The molecule has 1 aliphatic heterocycles. The van der Waals surface area contributed by atoms with Crippen LogP contribution in [0.4, 0.5) is 5.69 Å². The molecule has 1 aromatic heterocycles. The topological polar surface area (TPSA) is 25.2 Å². The first-order valence-electron chi connectivity index (χ1n) is 4.02. The number of pyridine rings is 1. The normalized spacial score (nSPS) is 14.1. The van der Waals surface area contributed by atoms with Gasteiger partial charge in [0.25, 0.3) is 0 Å². The average molecular weight is 158 g/mol. The van der Waals surface area contributed by atoms with E-state index in [1.54, 1.807) is 0 Å². The number of hydrogen-bond donors (Lipinski definition) is 0. The number of aromatic nitrogens is 1. The van der Waals surface area contributed by atoms with Gasteiger partial charge in [0.1, 0.15) is 0 Å². The monoisotopic (exact) mass is 158 g/mol. The number of hydrogen-bond acceptors (Lipinski definition) is 2. The number of nitrogens with zero attached hydrogens (tertiary/aromatic N) is 2. The van der Waals surface area contributed by atoms with Crippen molar-refractivity contribution in [3.8, 4) is 0 Å². The minimum Gasteiger partial charge on any atom is -0.258 e. The molecule has 2 nitrogen and oxygen atoms in total. The zero-order chi connectivity index (χ0) is 8.39. The summed E-state index contributed by atoms with van der Waals surface area (Å²) in [5.41, 5.74) is 3.16. The lowest BCUT2D eigenvalue weighted by Gasteiger charge is -2.00. The van der Waals surface area contributed by atoms with Gasteiger partial charge in [0, 0.05) is 18.8 Å². The molecule has 1 aromatic rings. The van der Waals surface area contributed by atoms with Crippen molar-refractivity contribution < 1.29 is 0 Å². The molecule has 0 atom stereocenters. The zero-order valence-electron chi connectivity index (χ0n) is 6.99. The van der Waals surface area contributed by atoms with Crippen molar-refractivity contribution in [3.63, 3.8) is 0 Å². The lowest BCUT2D eigenvalue weighted by atomic mass is 10.2. The molecule has 2 heteroatoms. The fraction of sp³-hybridized carbons (Fsp3) is 0.200. The molecule has 12 heavy (non-hydrogen) atoms. The first kappa shape index (κ1) is 7.22. The molecule has 0 radical (unpaired) electrons. The number of aliphatic imine (C=N–C) groups is 1. The quantitative estimate of drug-likeness (QED) is 0.569. The van der Waals surface area contributed by atoms with E-state index in [1.165, 1.54) is 5.56 Å². The summed E-state index contributed by atoms with van der Waals surface area (Å²) in [6, 6.07) is 1.98. The van der Waals surface area contributed by atoms with Gasteiger partial charge in [-0.2, -0.15) is 0 Å². The zero-order valence-corrected chi connectivity index (χ0v) is 6.99. The smallest absolute Gasteiger partial charge is 0.0911 e. The second kappa shape index (κ2) is 2.89. The van der Waals surface area contributed by atoms with Crippen LogP contribution in [0.15, 0.2) is 23.3 Å². The van der Waals surface area contributed by atoms with E-state index in [0.29, 0.717) is 0 Å². The Morgan fingerprint density at radius 2 is 2.33 bits per heavy atom. The fourth-order valence-corrected chi connectivity index (χ4v) is 1.25. The van der Waals surface area contributed by atoms with Crippen LogP contribution in [0.2, 0.25) is 0 Å². The predicted octanol–water partition coefficient (Wildman–Crippen LogP) is 2.51. The molecule has 0 aliphatic carbocycles. The SMILES string of the molecule is Cc1ccnc2c1N=CCC=C2. The van der Waals surface area contributed by atoms with Crippen LogP contribution in [-0.2, 0) is 0 Å². The highest BCUT2D eigenvalue weighted by molar-refractivity contribution is 5.75. The van der Waals surface area contributed by atoms with Crippen LogP contribution in [0, 0.1) is 6.92 Å². The third kappa shape index (κ3) is 1.16. The summed E-state index contributed by atoms with van der Waals surface area (Å²) in [6.45, 7) is 2.05. The maximum Gasteiger partial charge on any atom is 0.0911 e. The van der Waals surface area contributed by atoms with Gasteiger partial charge < -0.3 is 0 Å². The Kier molecular flexibility index (Phi) is 1.74. The summed E-state index contributed by atoms with van der Waals surface area (Å²) in [5.74, 6) is 0. The van der Waals surface area contributed by atoms with Gasteiger partial charge >= 0.3 is 0 Å². The van der Waals surface area contributed by atoms with Crippen molar-refractivity contribution in [3.05, 3.63) is 29.6 Å². The van der Waals surface area contributed by atoms with Gasteiger partial charge in [-0.25, -0.2) is 0 Å². The highest BCUT2D eigenvalue weighted by Crippen LogP contribution is 2.24. The Morgan fingerprint density at radius 1 is 1.42 bits per heavy atom. The van der Waals surface area contributed by atoms with Crippen molar-refractivity contribution in [1.29, 1.82) is 0 Å². The molecular formula is C10H10N2. The molecule has 60 valence electrons. The molecule has 0 fully saturated rings. The van der Waals surface area contributed by atoms with Crippen molar-refractivity contribution >= 4 is 18.0 Å². The van der Waals surface area contributed by atoms with Crippen LogP contribution >= 0.6 is 0 Å². The molecule has 0 aromatic carbocycles. The Balaban J connectivity index is 2.65. The Bertz CT molecular complexity index is 351. The van der Waals surface area contributed by atoms with Gasteiger partial charge in [-0.1, -0.05) is 6.08 Å². The van der Waals surface area contributed by atoms with E-state index in [-0.39, 0.29) is 0 Å². The lowest BCUT2D eigenvalue weighted by Crippen LogP contribution is -1.83. The molecule has 2 heterocycles. The van der Waals surface area contributed by atoms with E-state index >= 15 is 0 Å². The fourth-order valence-electron chi connectivity index (χ4n) is 1.25. The molecule has 1 aliphatic rings. The number of aryl methyl sites for hydroxylation is 1. The summed E-state index contributed by atoms with van der Waals surface area (Å²) >= 11 is 0. The Labute approximate surface area is 71.7 Å². The van der Waals surface area contributed by atoms with E-state index < -0.39 is 0 Å². The molecule has 0 bridgehead atoms. The molecule has 0 amide bonds. The van der Waals surface area contributed by atoms with Gasteiger partial charge in [0.2, 0.25) is 0 Å². The third-order valence-corrected chi connectivity index (χ3v) is 1.89. The third-order valence-electron chi connectivity index (χ3n) is 1.89.